The van der Waals surface area contributed by atoms with Crippen molar-refractivity contribution in [1.29, 1.82) is 0 Å². The van der Waals surface area contributed by atoms with E-state index in [9.17, 15) is 14.0 Å². The van der Waals surface area contributed by atoms with E-state index in [1.807, 2.05) is 20.8 Å². The first-order chi connectivity index (χ1) is 10.3. The number of hydrogen-bond acceptors (Lipinski definition) is 5. The predicted octanol–water partition coefficient (Wildman–Crippen LogP) is 2.89. The van der Waals surface area contributed by atoms with Crippen LogP contribution in [-0.4, -0.2) is 27.1 Å². The molecule has 0 radical (unpaired) electrons. The molecule has 0 saturated heterocycles. The number of rotatable bonds is 4. The van der Waals surface area contributed by atoms with E-state index < -0.39 is 17.4 Å². The van der Waals surface area contributed by atoms with Crippen LogP contribution in [0, 0.1) is 5.82 Å². The van der Waals surface area contributed by atoms with E-state index in [0.29, 0.717) is 0 Å². The summed E-state index contributed by atoms with van der Waals surface area (Å²) in [5.41, 5.74) is -0.158. The van der Waals surface area contributed by atoms with E-state index in [0.717, 1.165) is 12.1 Å². The van der Waals surface area contributed by atoms with Gasteiger partial charge in [-0.3, -0.25) is 9.59 Å². The molecule has 1 aromatic heterocycles. The highest BCUT2D eigenvalue weighted by Crippen LogP contribution is 2.12. The van der Waals surface area contributed by atoms with Gasteiger partial charge in [-0.2, -0.15) is 0 Å². The number of anilines is 1. The summed E-state index contributed by atoms with van der Waals surface area (Å²) in [6.45, 7) is 5.78. The van der Waals surface area contributed by atoms with Gasteiger partial charge < -0.3 is 5.32 Å². The van der Waals surface area contributed by atoms with Crippen LogP contribution in [0.5, 0.6) is 0 Å². The van der Waals surface area contributed by atoms with Crippen molar-refractivity contribution >= 4 is 17.5 Å². The van der Waals surface area contributed by atoms with Crippen LogP contribution >= 0.6 is 0 Å². The van der Waals surface area contributed by atoms with Crippen molar-refractivity contribution in [1.82, 2.24) is 9.97 Å². The van der Waals surface area contributed by atoms with Crippen molar-refractivity contribution in [2.24, 2.45) is 0 Å². The summed E-state index contributed by atoms with van der Waals surface area (Å²) in [5, 5.41) is 3.03. The summed E-state index contributed by atoms with van der Waals surface area (Å²) in [6.07, 6.45) is 1.41. The van der Waals surface area contributed by atoms with E-state index in [-0.39, 0.29) is 22.7 Å². The number of Topliss-reactive ketones (excluding diaryl/α,β-unsaturated/α-hetero) is 2. The molecule has 1 aromatic carbocycles. The number of hydrogen-bond donors (Lipinski definition) is 1. The molecule has 0 aliphatic carbocycles. The Morgan fingerprint density at radius 1 is 1.05 bits per heavy atom. The van der Waals surface area contributed by atoms with E-state index in [1.54, 1.807) is 0 Å². The van der Waals surface area contributed by atoms with Crippen molar-refractivity contribution in [2.45, 2.75) is 26.3 Å². The minimum atomic E-state index is -0.758. The maximum absolute atomic E-state index is 12.9. The number of ketones is 2. The van der Waals surface area contributed by atoms with Gasteiger partial charge in [0.05, 0.1) is 0 Å². The number of nitrogens with one attached hydrogen (secondary N) is 1. The highest BCUT2D eigenvalue weighted by atomic mass is 19.1. The molecule has 0 unspecified atom stereocenters. The Hall–Kier alpha value is -2.63. The van der Waals surface area contributed by atoms with Crippen molar-refractivity contribution in [3.63, 3.8) is 0 Å². The van der Waals surface area contributed by atoms with Crippen molar-refractivity contribution in [2.75, 3.05) is 5.32 Å². The lowest BCUT2D eigenvalue weighted by atomic mass is 10.1. The minimum absolute atomic E-state index is 0.00363. The molecule has 0 aliphatic heterocycles. The second kappa shape index (κ2) is 6.01. The van der Waals surface area contributed by atoms with Crippen LogP contribution in [0.15, 0.2) is 36.5 Å². The van der Waals surface area contributed by atoms with Gasteiger partial charge >= 0.3 is 0 Å². The third kappa shape index (κ3) is 3.94. The standard InChI is InChI=1S/C16H16FN3O2/c1-16(2,3)20-15-18-9-8-12(19-15)14(22)13(21)10-4-6-11(17)7-5-10/h4-9H,1-3H3,(H,18,19,20). The summed E-state index contributed by atoms with van der Waals surface area (Å²) in [6, 6.07) is 6.17. The molecule has 114 valence electrons. The van der Waals surface area contributed by atoms with Gasteiger partial charge in [0.25, 0.3) is 5.78 Å². The Balaban J connectivity index is 2.24. The summed E-state index contributed by atoms with van der Waals surface area (Å²) in [5.74, 6) is -1.70. The number of benzene rings is 1. The summed E-state index contributed by atoms with van der Waals surface area (Å²) < 4.78 is 12.9. The summed E-state index contributed by atoms with van der Waals surface area (Å²) in [7, 11) is 0. The molecule has 0 atom stereocenters. The van der Waals surface area contributed by atoms with Gasteiger partial charge in [0.2, 0.25) is 11.7 Å². The quantitative estimate of drug-likeness (QED) is 0.694. The SMILES string of the molecule is CC(C)(C)Nc1nccc(C(=O)C(=O)c2ccc(F)cc2)n1. The molecule has 6 heteroatoms. The fourth-order valence-electron chi connectivity index (χ4n) is 1.73. The second-order valence-corrected chi connectivity index (χ2v) is 5.81. The third-order valence-corrected chi connectivity index (χ3v) is 2.69. The lowest BCUT2D eigenvalue weighted by Gasteiger charge is -2.20. The Morgan fingerprint density at radius 2 is 1.68 bits per heavy atom. The van der Waals surface area contributed by atoms with Gasteiger partial charge in [-0.1, -0.05) is 0 Å². The molecule has 1 heterocycles. The first-order valence-electron chi connectivity index (χ1n) is 6.72. The maximum atomic E-state index is 12.9. The molecule has 0 spiro atoms. The highest BCUT2D eigenvalue weighted by Gasteiger charge is 2.21. The van der Waals surface area contributed by atoms with Crippen LogP contribution in [0.2, 0.25) is 0 Å². The number of aromatic nitrogens is 2. The zero-order valence-electron chi connectivity index (χ0n) is 12.6. The van der Waals surface area contributed by atoms with Crippen LogP contribution < -0.4 is 5.32 Å². The minimum Gasteiger partial charge on any atom is -0.350 e. The van der Waals surface area contributed by atoms with Gasteiger partial charge in [0, 0.05) is 17.3 Å². The van der Waals surface area contributed by atoms with E-state index in [4.69, 9.17) is 0 Å². The van der Waals surface area contributed by atoms with E-state index >= 15 is 0 Å². The van der Waals surface area contributed by atoms with Gasteiger partial charge in [-0.25, -0.2) is 14.4 Å². The fraction of sp³-hybridized carbons (Fsp3) is 0.250. The molecule has 0 bridgehead atoms. The third-order valence-electron chi connectivity index (χ3n) is 2.69. The number of halogens is 1. The Kier molecular flexibility index (Phi) is 4.30. The van der Waals surface area contributed by atoms with Crippen LogP contribution in [0.3, 0.4) is 0 Å². The van der Waals surface area contributed by atoms with Crippen molar-refractivity contribution in [3.05, 3.63) is 53.6 Å². The van der Waals surface area contributed by atoms with Crippen LogP contribution in [-0.2, 0) is 0 Å². The Morgan fingerprint density at radius 3 is 2.27 bits per heavy atom. The number of carbonyl (C=O) groups excluding carboxylic acids is 2. The molecule has 22 heavy (non-hydrogen) atoms. The van der Waals surface area contributed by atoms with Crippen LogP contribution in [0.25, 0.3) is 0 Å². The Bertz CT molecular complexity index is 706. The van der Waals surface area contributed by atoms with Crippen LogP contribution in [0.4, 0.5) is 10.3 Å². The normalized spacial score (nSPS) is 11.1. The van der Waals surface area contributed by atoms with Crippen molar-refractivity contribution < 1.29 is 14.0 Å². The van der Waals surface area contributed by atoms with E-state index in [1.165, 1.54) is 24.4 Å². The zero-order chi connectivity index (χ0) is 16.3. The Labute approximate surface area is 127 Å². The molecule has 0 saturated carbocycles. The first kappa shape index (κ1) is 15.8. The lowest BCUT2D eigenvalue weighted by molar-refractivity contribution is 0.0814. The molecule has 0 aliphatic rings. The monoisotopic (exact) mass is 301 g/mol. The molecule has 0 fully saturated rings. The predicted molar refractivity (Wildman–Crippen MR) is 80.5 cm³/mol. The van der Waals surface area contributed by atoms with Crippen molar-refractivity contribution in [3.8, 4) is 0 Å². The topological polar surface area (TPSA) is 72.0 Å². The molecular formula is C16H16FN3O2. The average Bonchev–Trinajstić information content (AvgIpc) is 2.45. The fourth-order valence-corrected chi connectivity index (χ4v) is 1.73. The summed E-state index contributed by atoms with van der Waals surface area (Å²) in [4.78, 5) is 32.4. The number of nitrogens with zero attached hydrogens (tertiary/aromatic N) is 2. The first-order valence-corrected chi connectivity index (χ1v) is 6.72. The molecule has 5 nitrogen and oxygen atoms in total. The highest BCUT2D eigenvalue weighted by molar-refractivity contribution is 6.48. The smallest absolute Gasteiger partial charge is 0.252 e. The molecule has 1 N–H and O–H groups in total. The number of carbonyl (C=O) groups is 2. The second-order valence-electron chi connectivity index (χ2n) is 5.81. The molecular weight excluding hydrogens is 285 g/mol. The summed E-state index contributed by atoms with van der Waals surface area (Å²) >= 11 is 0. The van der Waals surface area contributed by atoms with Crippen LogP contribution in [0.1, 0.15) is 41.6 Å². The molecule has 0 amide bonds. The maximum Gasteiger partial charge on any atom is 0.252 e. The van der Waals surface area contributed by atoms with Gasteiger partial charge in [-0.05, 0) is 51.1 Å². The zero-order valence-corrected chi connectivity index (χ0v) is 12.6. The average molecular weight is 301 g/mol. The van der Waals surface area contributed by atoms with Gasteiger partial charge in [0.15, 0.2) is 0 Å². The molecule has 2 aromatic rings. The largest absolute Gasteiger partial charge is 0.350 e. The van der Waals surface area contributed by atoms with Gasteiger partial charge in [-0.15, -0.1) is 0 Å². The molecule has 2 rings (SSSR count). The lowest BCUT2D eigenvalue weighted by Crippen LogP contribution is -2.28. The van der Waals surface area contributed by atoms with Gasteiger partial charge in [0.1, 0.15) is 11.5 Å². The van der Waals surface area contributed by atoms with E-state index in [2.05, 4.69) is 15.3 Å².